The molecule has 0 saturated heterocycles. The zero-order chi connectivity index (χ0) is 15.8. The van der Waals surface area contributed by atoms with Crippen molar-refractivity contribution in [2.24, 2.45) is 0 Å². The second kappa shape index (κ2) is 8.48. The maximum absolute atomic E-state index is 12.0. The summed E-state index contributed by atoms with van der Waals surface area (Å²) in [5.74, 6) is 3.61. The molecule has 118 valence electrons. The maximum Gasteiger partial charge on any atom is 0.252 e. The van der Waals surface area contributed by atoms with E-state index in [4.69, 9.17) is 4.42 Å². The Morgan fingerprint density at radius 2 is 2.23 bits per heavy atom. The highest BCUT2D eigenvalue weighted by atomic mass is 32.2. The van der Waals surface area contributed by atoms with Gasteiger partial charge in [-0.1, -0.05) is 0 Å². The molecule has 0 fully saturated rings. The van der Waals surface area contributed by atoms with Crippen molar-refractivity contribution in [1.29, 1.82) is 0 Å². The largest absolute Gasteiger partial charge is 0.468 e. The highest BCUT2D eigenvalue weighted by Crippen LogP contribution is 2.13. The minimum atomic E-state index is -0.0751. The fourth-order valence-corrected chi connectivity index (χ4v) is 2.69. The van der Waals surface area contributed by atoms with Crippen molar-refractivity contribution in [3.63, 3.8) is 0 Å². The number of rotatable bonds is 8. The number of anilines is 1. The molecule has 0 radical (unpaired) electrons. The zero-order valence-electron chi connectivity index (χ0n) is 12.9. The molecular weight excluding hydrogens is 298 g/mol. The fraction of sp³-hybridized carbons (Fsp3) is 0.375. The van der Waals surface area contributed by atoms with Gasteiger partial charge in [0.15, 0.2) is 0 Å². The van der Waals surface area contributed by atoms with E-state index in [0.717, 1.165) is 29.5 Å². The van der Waals surface area contributed by atoms with Gasteiger partial charge in [0.2, 0.25) is 0 Å². The van der Waals surface area contributed by atoms with Gasteiger partial charge in [-0.05, 0) is 36.4 Å². The maximum atomic E-state index is 12.0. The lowest BCUT2D eigenvalue weighted by Crippen LogP contribution is -2.25. The van der Waals surface area contributed by atoms with Gasteiger partial charge in [0.25, 0.3) is 5.91 Å². The number of nitrogens with one attached hydrogen (secondary N) is 1. The van der Waals surface area contributed by atoms with E-state index in [-0.39, 0.29) is 5.91 Å². The number of nitrogens with zero attached hydrogens (tertiary/aromatic N) is 2. The molecule has 0 unspecified atom stereocenters. The van der Waals surface area contributed by atoms with Crippen molar-refractivity contribution in [2.45, 2.75) is 12.2 Å². The Hall–Kier alpha value is -1.95. The molecule has 2 aromatic rings. The highest BCUT2D eigenvalue weighted by Gasteiger charge is 2.06. The molecule has 0 bridgehead atoms. The molecule has 5 nitrogen and oxygen atoms in total. The molecule has 0 aliphatic rings. The first kappa shape index (κ1) is 16.4. The van der Waals surface area contributed by atoms with Crippen molar-refractivity contribution in [3.05, 3.63) is 48.0 Å². The molecular formula is C16H21N3O2S. The second-order valence-electron chi connectivity index (χ2n) is 5.04. The third kappa shape index (κ3) is 5.11. The highest BCUT2D eigenvalue weighted by molar-refractivity contribution is 7.98. The predicted molar refractivity (Wildman–Crippen MR) is 90.4 cm³/mol. The van der Waals surface area contributed by atoms with E-state index < -0.39 is 0 Å². The monoisotopic (exact) mass is 319 g/mol. The first-order chi connectivity index (χ1) is 10.7. The molecule has 2 heterocycles. The number of aromatic nitrogens is 1. The van der Waals surface area contributed by atoms with Crippen molar-refractivity contribution >= 4 is 23.5 Å². The van der Waals surface area contributed by atoms with Crippen LogP contribution in [0.25, 0.3) is 0 Å². The van der Waals surface area contributed by atoms with Gasteiger partial charge in [0, 0.05) is 26.8 Å². The summed E-state index contributed by atoms with van der Waals surface area (Å²) < 4.78 is 5.26. The van der Waals surface area contributed by atoms with Gasteiger partial charge in [-0.2, -0.15) is 11.8 Å². The quantitative estimate of drug-likeness (QED) is 0.758. The topological polar surface area (TPSA) is 58.4 Å². The number of thioether (sulfide) groups is 1. The van der Waals surface area contributed by atoms with Crippen LogP contribution < -0.4 is 10.2 Å². The first-order valence-corrected chi connectivity index (χ1v) is 8.34. The van der Waals surface area contributed by atoms with E-state index in [1.807, 2.05) is 37.2 Å². The normalized spacial score (nSPS) is 10.5. The third-order valence-electron chi connectivity index (χ3n) is 3.04. The second-order valence-corrected chi connectivity index (χ2v) is 6.15. The van der Waals surface area contributed by atoms with Crippen LogP contribution in [-0.2, 0) is 5.75 Å². The fourth-order valence-electron chi connectivity index (χ4n) is 1.83. The van der Waals surface area contributed by atoms with Gasteiger partial charge < -0.3 is 14.6 Å². The molecule has 2 rings (SSSR count). The molecule has 0 aliphatic heterocycles. The van der Waals surface area contributed by atoms with Gasteiger partial charge in [-0.25, -0.2) is 4.98 Å². The SMILES string of the molecule is CN(C)c1ccc(C(=O)NCCCSCc2ccco2)cn1. The van der Waals surface area contributed by atoms with E-state index >= 15 is 0 Å². The number of carbonyl (C=O) groups is 1. The molecule has 6 heteroatoms. The van der Waals surface area contributed by atoms with Gasteiger partial charge >= 0.3 is 0 Å². The predicted octanol–water partition coefficient (Wildman–Crippen LogP) is 2.79. The average Bonchev–Trinajstić information content (AvgIpc) is 3.04. The van der Waals surface area contributed by atoms with Crippen LogP contribution in [-0.4, -0.2) is 37.3 Å². The zero-order valence-corrected chi connectivity index (χ0v) is 13.7. The van der Waals surface area contributed by atoms with E-state index in [1.165, 1.54) is 0 Å². The van der Waals surface area contributed by atoms with E-state index in [2.05, 4.69) is 10.3 Å². The third-order valence-corrected chi connectivity index (χ3v) is 4.11. The Bertz CT molecular complexity index is 568. The average molecular weight is 319 g/mol. The summed E-state index contributed by atoms with van der Waals surface area (Å²) in [4.78, 5) is 18.1. The van der Waals surface area contributed by atoms with Crippen LogP contribution in [0.5, 0.6) is 0 Å². The number of hydrogen-bond acceptors (Lipinski definition) is 5. The van der Waals surface area contributed by atoms with Gasteiger partial charge in [0.1, 0.15) is 11.6 Å². The molecule has 0 spiro atoms. The lowest BCUT2D eigenvalue weighted by molar-refractivity contribution is 0.0953. The van der Waals surface area contributed by atoms with Crippen LogP contribution >= 0.6 is 11.8 Å². The van der Waals surface area contributed by atoms with Crippen molar-refractivity contribution in [2.75, 3.05) is 31.3 Å². The van der Waals surface area contributed by atoms with Crippen LogP contribution in [0.2, 0.25) is 0 Å². The Labute approximate surface area is 135 Å². The molecule has 22 heavy (non-hydrogen) atoms. The van der Waals surface area contributed by atoms with Crippen LogP contribution in [0, 0.1) is 0 Å². The van der Waals surface area contributed by atoms with Crippen LogP contribution in [0.4, 0.5) is 5.82 Å². The van der Waals surface area contributed by atoms with Crippen molar-refractivity contribution < 1.29 is 9.21 Å². The number of furan rings is 1. The number of pyridine rings is 1. The van der Waals surface area contributed by atoms with Crippen LogP contribution in [0.1, 0.15) is 22.5 Å². The number of amides is 1. The molecule has 1 N–H and O–H groups in total. The summed E-state index contributed by atoms with van der Waals surface area (Å²) in [6, 6.07) is 7.50. The summed E-state index contributed by atoms with van der Waals surface area (Å²) in [7, 11) is 3.84. The Kier molecular flexibility index (Phi) is 6.33. The summed E-state index contributed by atoms with van der Waals surface area (Å²) in [6.45, 7) is 0.666. The van der Waals surface area contributed by atoms with Gasteiger partial charge in [-0.15, -0.1) is 0 Å². The number of carbonyl (C=O) groups excluding carboxylic acids is 1. The molecule has 2 aromatic heterocycles. The Balaban J connectivity index is 1.63. The lowest BCUT2D eigenvalue weighted by Gasteiger charge is -2.11. The van der Waals surface area contributed by atoms with E-state index in [0.29, 0.717) is 12.1 Å². The molecule has 0 aliphatic carbocycles. The van der Waals surface area contributed by atoms with E-state index in [9.17, 15) is 4.79 Å². The van der Waals surface area contributed by atoms with Gasteiger partial charge in [0.05, 0.1) is 17.6 Å². The molecule has 1 amide bonds. The van der Waals surface area contributed by atoms with Crippen LogP contribution in [0.15, 0.2) is 41.1 Å². The smallest absolute Gasteiger partial charge is 0.252 e. The summed E-state index contributed by atoms with van der Waals surface area (Å²) in [5.41, 5.74) is 0.592. The standard InChI is InChI=1S/C16H21N3O2S/c1-19(2)15-7-6-13(11-18-15)16(20)17-8-4-10-22-12-14-5-3-9-21-14/h3,5-7,9,11H,4,8,10,12H2,1-2H3,(H,17,20). The Morgan fingerprint density at radius 3 is 2.86 bits per heavy atom. The minimum absolute atomic E-state index is 0.0751. The molecule has 0 atom stereocenters. The minimum Gasteiger partial charge on any atom is -0.468 e. The lowest BCUT2D eigenvalue weighted by atomic mass is 10.2. The first-order valence-electron chi connectivity index (χ1n) is 7.18. The summed E-state index contributed by atoms with van der Waals surface area (Å²) in [6.07, 6.45) is 4.22. The van der Waals surface area contributed by atoms with Gasteiger partial charge in [-0.3, -0.25) is 4.79 Å². The van der Waals surface area contributed by atoms with Crippen LogP contribution in [0.3, 0.4) is 0 Å². The molecule has 0 aromatic carbocycles. The molecule has 0 saturated carbocycles. The number of hydrogen-bond donors (Lipinski definition) is 1. The van der Waals surface area contributed by atoms with Crippen molar-refractivity contribution in [1.82, 2.24) is 10.3 Å². The summed E-state index contributed by atoms with van der Waals surface area (Å²) >= 11 is 1.80. The Morgan fingerprint density at radius 1 is 1.36 bits per heavy atom. The van der Waals surface area contributed by atoms with E-state index in [1.54, 1.807) is 30.3 Å². The van der Waals surface area contributed by atoms with Crippen molar-refractivity contribution in [3.8, 4) is 0 Å². The summed E-state index contributed by atoms with van der Waals surface area (Å²) in [5, 5.41) is 2.91.